The van der Waals surface area contributed by atoms with Crippen molar-refractivity contribution in [2.75, 3.05) is 31.5 Å². The lowest BCUT2D eigenvalue weighted by Crippen LogP contribution is -2.35. The van der Waals surface area contributed by atoms with Crippen molar-refractivity contribution >= 4 is 22.5 Å². The van der Waals surface area contributed by atoms with Crippen LogP contribution >= 0.6 is 0 Å². The molecule has 1 heterocycles. The largest absolute Gasteiger partial charge is 0.376 e. The molecule has 0 aliphatic carbocycles. The summed E-state index contributed by atoms with van der Waals surface area (Å²) in [4.78, 5) is 11.6. The summed E-state index contributed by atoms with van der Waals surface area (Å²) in [5.41, 5.74) is 1.88. The van der Waals surface area contributed by atoms with E-state index in [1.165, 1.54) is 0 Å². The number of rotatable bonds is 7. The second-order valence-corrected chi connectivity index (χ2v) is 4.63. The fraction of sp³-hybridized carbons (Fsp3) is 0.429. The molecular formula is C14H21N5O. The normalized spacial score (nSPS) is 10.7. The number of hydrogen-bond acceptors (Lipinski definition) is 4. The van der Waals surface area contributed by atoms with Crippen LogP contribution in [0, 0.1) is 0 Å². The van der Waals surface area contributed by atoms with Crippen molar-refractivity contribution in [2.45, 2.75) is 6.92 Å². The molecule has 0 atom stereocenters. The molecule has 0 aliphatic heterocycles. The Morgan fingerprint density at radius 2 is 2.20 bits per heavy atom. The minimum Gasteiger partial charge on any atom is -0.376 e. The Morgan fingerprint density at radius 3 is 3.00 bits per heavy atom. The minimum atomic E-state index is -0.00538. The van der Waals surface area contributed by atoms with Crippen LogP contribution in [0.1, 0.15) is 6.92 Å². The van der Waals surface area contributed by atoms with Gasteiger partial charge < -0.3 is 16.0 Å². The first-order valence-electron chi connectivity index (χ1n) is 6.83. The summed E-state index contributed by atoms with van der Waals surface area (Å²) in [5, 5.41) is 14.5. The first-order chi connectivity index (χ1) is 9.69. The Balaban J connectivity index is 1.81. The van der Waals surface area contributed by atoms with Gasteiger partial charge in [0.1, 0.15) is 0 Å². The minimum absolute atomic E-state index is 0.00538. The van der Waals surface area contributed by atoms with Gasteiger partial charge in [-0.15, -0.1) is 0 Å². The Hall–Kier alpha value is -2.08. The molecule has 0 radical (unpaired) electrons. The number of aryl methyl sites for hydroxylation is 1. The number of aromatic nitrogens is 2. The van der Waals surface area contributed by atoms with Gasteiger partial charge in [-0.3, -0.25) is 9.48 Å². The van der Waals surface area contributed by atoms with E-state index >= 15 is 0 Å². The van der Waals surface area contributed by atoms with Crippen molar-refractivity contribution in [2.24, 2.45) is 7.05 Å². The van der Waals surface area contributed by atoms with Crippen LogP contribution < -0.4 is 16.0 Å². The molecule has 0 saturated heterocycles. The van der Waals surface area contributed by atoms with Gasteiger partial charge in [0.05, 0.1) is 12.1 Å². The second kappa shape index (κ2) is 6.91. The maximum absolute atomic E-state index is 11.6. The maximum Gasteiger partial charge on any atom is 0.239 e. The van der Waals surface area contributed by atoms with Crippen LogP contribution in [0.2, 0.25) is 0 Å². The molecule has 20 heavy (non-hydrogen) atoms. The second-order valence-electron chi connectivity index (χ2n) is 4.63. The first kappa shape index (κ1) is 14.3. The number of amides is 1. The van der Waals surface area contributed by atoms with Crippen molar-refractivity contribution in [3.8, 4) is 0 Å². The van der Waals surface area contributed by atoms with Gasteiger partial charge in [-0.25, -0.2) is 0 Å². The van der Waals surface area contributed by atoms with E-state index in [-0.39, 0.29) is 12.5 Å². The number of anilines is 1. The van der Waals surface area contributed by atoms with Crippen LogP contribution in [0.15, 0.2) is 24.4 Å². The third-order valence-electron chi connectivity index (χ3n) is 2.95. The van der Waals surface area contributed by atoms with Crippen molar-refractivity contribution in [3.63, 3.8) is 0 Å². The van der Waals surface area contributed by atoms with Gasteiger partial charge in [0, 0.05) is 37.4 Å². The van der Waals surface area contributed by atoms with Crippen LogP contribution in [0.4, 0.5) is 5.69 Å². The standard InChI is InChI=1S/C14H21N5O/c1-3-15-6-7-16-14(20)9-17-12-4-5-13-11(8-12)10-19(2)18-13/h4-5,8,10,15,17H,3,6-7,9H2,1-2H3,(H,16,20). The van der Waals surface area contributed by atoms with E-state index in [0.29, 0.717) is 6.54 Å². The van der Waals surface area contributed by atoms with Crippen molar-refractivity contribution in [3.05, 3.63) is 24.4 Å². The number of nitrogens with zero attached hydrogens (tertiary/aromatic N) is 2. The number of carbonyl (C=O) groups excluding carboxylic acids is 1. The molecule has 1 amide bonds. The van der Waals surface area contributed by atoms with E-state index < -0.39 is 0 Å². The molecule has 2 rings (SSSR count). The van der Waals surface area contributed by atoms with Crippen LogP contribution in [0.5, 0.6) is 0 Å². The third-order valence-corrected chi connectivity index (χ3v) is 2.95. The topological polar surface area (TPSA) is 71.0 Å². The zero-order valence-corrected chi connectivity index (χ0v) is 11.9. The highest BCUT2D eigenvalue weighted by Crippen LogP contribution is 2.17. The van der Waals surface area contributed by atoms with E-state index in [1.54, 1.807) is 4.68 Å². The third kappa shape index (κ3) is 3.96. The molecule has 0 aliphatic rings. The van der Waals surface area contributed by atoms with Gasteiger partial charge in [0.15, 0.2) is 0 Å². The number of benzene rings is 1. The molecule has 0 bridgehead atoms. The first-order valence-corrected chi connectivity index (χ1v) is 6.83. The molecule has 0 unspecified atom stereocenters. The van der Waals surface area contributed by atoms with Crippen molar-refractivity contribution in [1.82, 2.24) is 20.4 Å². The summed E-state index contributed by atoms with van der Waals surface area (Å²) in [6, 6.07) is 5.87. The van der Waals surface area contributed by atoms with Crippen LogP contribution in [0.3, 0.4) is 0 Å². The van der Waals surface area contributed by atoms with Gasteiger partial charge in [-0.05, 0) is 24.7 Å². The van der Waals surface area contributed by atoms with Crippen LogP contribution in [-0.2, 0) is 11.8 Å². The molecule has 0 saturated carbocycles. The fourth-order valence-electron chi connectivity index (χ4n) is 1.97. The number of likely N-dealkylation sites (N-methyl/N-ethyl adjacent to an activating group) is 1. The Bertz CT molecular complexity index is 578. The van der Waals surface area contributed by atoms with E-state index in [1.807, 2.05) is 38.4 Å². The molecule has 6 heteroatoms. The maximum atomic E-state index is 11.6. The average Bonchev–Trinajstić information content (AvgIpc) is 2.80. The average molecular weight is 275 g/mol. The molecule has 2 aromatic rings. The lowest BCUT2D eigenvalue weighted by atomic mass is 10.2. The van der Waals surface area contributed by atoms with Crippen LogP contribution in [0.25, 0.3) is 10.9 Å². The summed E-state index contributed by atoms with van der Waals surface area (Å²) in [6.07, 6.45) is 1.96. The highest BCUT2D eigenvalue weighted by molar-refractivity contribution is 5.84. The lowest BCUT2D eigenvalue weighted by Gasteiger charge is -2.08. The predicted molar refractivity (Wildman–Crippen MR) is 80.8 cm³/mol. The zero-order chi connectivity index (χ0) is 14.4. The molecule has 6 nitrogen and oxygen atoms in total. The predicted octanol–water partition coefficient (Wildman–Crippen LogP) is 0.711. The highest BCUT2D eigenvalue weighted by Gasteiger charge is 2.02. The van der Waals surface area contributed by atoms with Gasteiger partial charge in [-0.1, -0.05) is 6.92 Å². The summed E-state index contributed by atoms with van der Waals surface area (Å²) in [5.74, 6) is -0.00538. The quantitative estimate of drug-likeness (QED) is 0.651. The Morgan fingerprint density at radius 1 is 1.35 bits per heavy atom. The fourth-order valence-corrected chi connectivity index (χ4v) is 1.97. The van der Waals surface area contributed by atoms with Crippen molar-refractivity contribution < 1.29 is 4.79 Å². The molecule has 1 aromatic heterocycles. The lowest BCUT2D eigenvalue weighted by molar-refractivity contribution is -0.119. The summed E-state index contributed by atoms with van der Waals surface area (Å²) in [7, 11) is 1.89. The van der Waals surface area contributed by atoms with Gasteiger partial charge in [-0.2, -0.15) is 5.10 Å². The van der Waals surface area contributed by atoms with Crippen LogP contribution in [-0.4, -0.2) is 41.9 Å². The molecule has 3 N–H and O–H groups in total. The Kier molecular flexibility index (Phi) is 4.95. The smallest absolute Gasteiger partial charge is 0.239 e. The van der Waals surface area contributed by atoms with E-state index in [4.69, 9.17) is 0 Å². The molecular weight excluding hydrogens is 254 g/mol. The number of nitrogens with one attached hydrogen (secondary N) is 3. The zero-order valence-electron chi connectivity index (χ0n) is 11.9. The van der Waals surface area contributed by atoms with E-state index in [9.17, 15) is 4.79 Å². The molecule has 1 aromatic carbocycles. The molecule has 0 spiro atoms. The van der Waals surface area contributed by atoms with Gasteiger partial charge >= 0.3 is 0 Å². The van der Waals surface area contributed by atoms with E-state index in [2.05, 4.69) is 21.0 Å². The highest BCUT2D eigenvalue weighted by atomic mass is 16.1. The monoisotopic (exact) mass is 275 g/mol. The van der Waals surface area contributed by atoms with Gasteiger partial charge in [0.25, 0.3) is 0 Å². The summed E-state index contributed by atoms with van der Waals surface area (Å²) >= 11 is 0. The number of fused-ring (bicyclic) bond motifs is 1. The summed E-state index contributed by atoms with van der Waals surface area (Å²) < 4.78 is 1.78. The number of hydrogen-bond donors (Lipinski definition) is 3. The molecule has 108 valence electrons. The summed E-state index contributed by atoms with van der Waals surface area (Å²) in [6.45, 7) is 4.68. The SMILES string of the molecule is CCNCCNC(=O)CNc1ccc2nn(C)cc2c1. The molecule has 0 fully saturated rings. The van der Waals surface area contributed by atoms with Crippen molar-refractivity contribution in [1.29, 1.82) is 0 Å². The van der Waals surface area contributed by atoms with Gasteiger partial charge in [0.2, 0.25) is 5.91 Å². The Labute approximate surface area is 118 Å². The number of carbonyl (C=O) groups is 1. The van der Waals surface area contributed by atoms with E-state index in [0.717, 1.165) is 29.7 Å².